The van der Waals surface area contributed by atoms with Crippen molar-refractivity contribution in [2.75, 3.05) is 13.6 Å². The van der Waals surface area contributed by atoms with Gasteiger partial charge in [-0.15, -0.1) is 47.5 Å². The fraction of sp³-hybridized carbons (Fsp3) is 0.385. The van der Waals surface area contributed by atoms with Gasteiger partial charge in [0.25, 0.3) is 0 Å². The standard InChI is InChI=1S/C13H16ClN3OS2.2ClH/c1-8(15-2)6-16-12(18)5-9-7-19-13(17-9)10-3-4-11(14)20-10;;/h3-4,7-8,15H,5-6H2,1-2H3,(H,16,18);2*1H. The van der Waals surface area contributed by atoms with Gasteiger partial charge in [-0.3, -0.25) is 4.79 Å². The lowest BCUT2D eigenvalue weighted by Crippen LogP contribution is -2.37. The van der Waals surface area contributed by atoms with Crippen LogP contribution in [0.3, 0.4) is 0 Å². The number of thiazole rings is 1. The first-order valence-corrected chi connectivity index (χ1v) is 8.30. The number of halogens is 3. The Labute approximate surface area is 155 Å². The summed E-state index contributed by atoms with van der Waals surface area (Å²) in [6.07, 6.45) is 0.312. The summed E-state index contributed by atoms with van der Waals surface area (Å²) in [5.74, 6) is -0.00633. The molecule has 2 rings (SSSR count). The lowest BCUT2D eigenvalue weighted by molar-refractivity contribution is -0.120. The van der Waals surface area contributed by atoms with Gasteiger partial charge in [0.2, 0.25) is 5.91 Å². The van der Waals surface area contributed by atoms with E-state index in [2.05, 4.69) is 15.6 Å². The highest BCUT2D eigenvalue weighted by molar-refractivity contribution is 7.23. The summed E-state index contributed by atoms with van der Waals surface area (Å²) in [5.41, 5.74) is 0.795. The van der Waals surface area contributed by atoms with Crippen molar-refractivity contribution in [3.63, 3.8) is 0 Å². The molecule has 1 unspecified atom stereocenters. The third-order valence-corrected chi connectivity index (χ3v) is 5.07. The molecule has 2 N–H and O–H groups in total. The maximum atomic E-state index is 11.8. The van der Waals surface area contributed by atoms with Crippen LogP contribution in [0.25, 0.3) is 9.88 Å². The van der Waals surface area contributed by atoms with Gasteiger partial charge in [-0.05, 0) is 26.1 Å². The molecular formula is C13H18Cl3N3OS2. The van der Waals surface area contributed by atoms with Crippen LogP contribution in [0.1, 0.15) is 12.6 Å². The van der Waals surface area contributed by atoms with E-state index in [1.807, 2.05) is 31.5 Å². The monoisotopic (exact) mass is 401 g/mol. The van der Waals surface area contributed by atoms with E-state index in [9.17, 15) is 4.79 Å². The molecule has 4 nitrogen and oxygen atoms in total. The van der Waals surface area contributed by atoms with Gasteiger partial charge in [0.15, 0.2) is 0 Å². The van der Waals surface area contributed by atoms with Crippen molar-refractivity contribution in [1.29, 1.82) is 0 Å². The van der Waals surface area contributed by atoms with E-state index in [-0.39, 0.29) is 36.8 Å². The first kappa shape index (κ1) is 21.6. The Morgan fingerprint density at radius 3 is 2.73 bits per heavy atom. The average molecular weight is 403 g/mol. The third kappa shape index (κ3) is 6.40. The SMILES string of the molecule is CNC(C)CNC(=O)Cc1csc(-c2ccc(Cl)s2)n1.Cl.Cl. The first-order valence-electron chi connectivity index (χ1n) is 6.22. The summed E-state index contributed by atoms with van der Waals surface area (Å²) in [4.78, 5) is 17.3. The van der Waals surface area contributed by atoms with E-state index in [0.29, 0.717) is 13.0 Å². The van der Waals surface area contributed by atoms with Gasteiger partial charge in [0.05, 0.1) is 21.3 Å². The number of carbonyl (C=O) groups excluding carboxylic acids is 1. The molecule has 0 aliphatic rings. The van der Waals surface area contributed by atoms with E-state index in [4.69, 9.17) is 11.6 Å². The largest absolute Gasteiger partial charge is 0.354 e. The van der Waals surface area contributed by atoms with E-state index in [0.717, 1.165) is 19.9 Å². The third-order valence-electron chi connectivity index (χ3n) is 2.78. The Bertz CT molecular complexity index is 589. The van der Waals surface area contributed by atoms with Crippen LogP contribution >= 0.6 is 59.1 Å². The van der Waals surface area contributed by atoms with Crippen LogP contribution in [-0.4, -0.2) is 30.5 Å². The van der Waals surface area contributed by atoms with Crippen LogP contribution in [0.5, 0.6) is 0 Å². The number of rotatable bonds is 6. The van der Waals surface area contributed by atoms with Gasteiger partial charge in [-0.2, -0.15) is 0 Å². The van der Waals surface area contributed by atoms with Gasteiger partial charge in [-0.25, -0.2) is 4.98 Å². The lowest BCUT2D eigenvalue weighted by Gasteiger charge is -2.10. The van der Waals surface area contributed by atoms with E-state index >= 15 is 0 Å². The Morgan fingerprint density at radius 2 is 2.14 bits per heavy atom. The van der Waals surface area contributed by atoms with Crippen molar-refractivity contribution in [1.82, 2.24) is 15.6 Å². The zero-order valence-corrected chi connectivity index (χ0v) is 16.1. The van der Waals surface area contributed by atoms with E-state index in [1.165, 1.54) is 22.7 Å². The quantitative estimate of drug-likeness (QED) is 0.775. The molecule has 1 amide bonds. The van der Waals surface area contributed by atoms with Crippen molar-refractivity contribution >= 4 is 65.0 Å². The van der Waals surface area contributed by atoms with Crippen LogP contribution in [0, 0.1) is 0 Å². The molecule has 9 heteroatoms. The smallest absolute Gasteiger partial charge is 0.226 e. The minimum absolute atomic E-state index is 0. The van der Waals surface area contributed by atoms with Crippen LogP contribution in [0.15, 0.2) is 17.5 Å². The minimum atomic E-state index is -0.00633. The van der Waals surface area contributed by atoms with Crippen LogP contribution in [-0.2, 0) is 11.2 Å². The first-order chi connectivity index (χ1) is 9.58. The minimum Gasteiger partial charge on any atom is -0.354 e. The number of amides is 1. The summed E-state index contributed by atoms with van der Waals surface area (Å²) < 4.78 is 0.746. The van der Waals surface area contributed by atoms with E-state index in [1.54, 1.807) is 0 Å². The molecule has 0 radical (unpaired) electrons. The number of nitrogens with one attached hydrogen (secondary N) is 2. The predicted molar refractivity (Wildman–Crippen MR) is 100 cm³/mol. The molecule has 124 valence electrons. The summed E-state index contributed by atoms with van der Waals surface area (Å²) in [5, 5.41) is 8.78. The molecule has 0 aliphatic heterocycles. The molecule has 0 spiro atoms. The highest BCUT2D eigenvalue weighted by atomic mass is 35.5. The molecule has 1 atom stereocenters. The average Bonchev–Trinajstić information content (AvgIpc) is 3.05. The zero-order valence-electron chi connectivity index (χ0n) is 12.1. The number of likely N-dealkylation sites (N-methyl/N-ethyl adjacent to an activating group) is 1. The molecule has 2 aromatic rings. The topological polar surface area (TPSA) is 54.0 Å². The Kier molecular flexibility index (Phi) is 10.2. The number of carbonyl (C=O) groups is 1. The molecule has 2 aromatic heterocycles. The fourth-order valence-corrected chi connectivity index (χ4v) is 3.46. The van der Waals surface area contributed by atoms with Gasteiger partial charge < -0.3 is 10.6 Å². The number of nitrogens with zero attached hydrogens (tertiary/aromatic N) is 1. The van der Waals surface area contributed by atoms with Crippen LogP contribution in [0.4, 0.5) is 0 Å². The number of thiophene rings is 1. The number of aromatic nitrogens is 1. The fourth-order valence-electron chi connectivity index (χ4n) is 1.53. The molecule has 22 heavy (non-hydrogen) atoms. The lowest BCUT2D eigenvalue weighted by atomic mass is 10.3. The van der Waals surface area contributed by atoms with Crippen molar-refractivity contribution in [3.8, 4) is 9.88 Å². The maximum Gasteiger partial charge on any atom is 0.226 e. The summed E-state index contributed by atoms with van der Waals surface area (Å²) in [6.45, 7) is 2.63. The molecular weight excluding hydrogens is 385 g/mol. The number of hydrogen-bond acceptors (Lipinski definition) is 5. The molecule has 2 heterocycles. The van der Waals surface area contributed by atoms with Crippen molar-refractivity contribution in [2.45, 2.75) is 19.4 Å². The van der Waals surface area contributed by atoms with Gasteiger partial charge in [0, 0.05) is 18.0 Å². The Balaban J connectivity index is 0.00000220. The van der Waals surface area contributed by atoms with E-state index < -0.39 is 0 Å². The van der Waals surface area contributed by atoms with Crippen molar-refractivity contribution < 1.29 is 4.79 Å². The van der Waals surface area contributed by atoms with Gasteiger partial charge in [-0.1, -0.05) is 11.6 Å². The summed E-state index contributed by atoms with van der Waals surface area (Å²) in [7, 11) is 1.87. The number of hydrogen-bond donors (Lipinski definition) is 2. The second kappa shape index (κ2) is 10.4. The Hall–Kier alpha value is -0.370. The van der Waals surface area contributed by atoms with Crippen LogP contribution in [0.2, 0.25) is 4.34 Å². The molecule has 0 saturated carbocycles. The highest BCUT2D eigenvalue weighted by Gasteiger charge is 2.11. The van der Waals surface area contributed by atoms with Crippen LogP contribution < -0.4 is 10.6 Å². The van der Waals surface area contributed by atoms with Gasteiger partial charge in [0.1, 0.15) is 5.01 Å². The zero-order chi connectivity index (χ0) is 14.5. The molecule has 0 fully saturated rings. The second-order valence-corrected chi connectivity index (χ2v) is 6.99. The highest BCUT2D eigenvalue weighted by Crippen LogP contribution is 2.32. The summed E-state index contributed by atoms with van der Waals surface area (Å²) >= 11 is 8.94. The van der Waals surface area contributed by atoms with Gasteiger partial charge >= 0.3 is 0 Å². The predicted octanol–water partition coefficient (Wildman–Crippen LogP) is 3.64. The summed E-state index contributed by atoms with van der Waals surface area (Å²) in [6, 6.07) is 4.07. The molecule has 0 saturated heterocycles. The van der Waals surface area contributed by atoms with Crippen molar-refractivity contribution in [3.05, 3.63) is 27.5 Å². The normalized spacial score (nSPS) is 11.2. The molecule has 0 bridgehead atoms. The molecule has 0 aliphatic carbocycles. The van der Waals surface area contributed by atoms with Crippen molar-refractivity contribution in [2.24, 2.45) is 0 Å². The Morgan fingerprint density at radius 1 is 1.41 bits per heavy atom. The molecule has 0 aromatic carbocycles. The maximum absolute atomic E-state index is 11.8. The second-order valence-electron chi connectivity index (χ2n) is 4.42.